The maximum atomic E-state index is 13.0. The second-order valence-electron chi connectivity index (χ2n) is 6.41. The second kappa shape index (κ2) is 7.08. The highest BCUT2D eigenvalue weighted by molar-refractivity contribution is 5.92. The molecule has 5 nitrogen and oxygen atoms in total. The Morgan fingerprint density at radius 2 is 2.04 bits per heavy atom. The maximum Gasteiger partial charge on any atom is 0.240 e. The Morgan fingerprint density at radius 1 is 1.36 bits per heavy atom. The van der Waals surface area contributed by atoms with Crippen LogP contribution >= 0.6 is 0 Å². The average Bonchev–Trinajstić information content (AvgIpc) is 3.37. The summed E-state index contributed by atoms with van der Waals surface area (Å²) in [6.45, 7) is 4.33. The van der Waals surface area contributed by atoms with Gasteiger partial charge in [0.25, 0.3) is 0 Å². The van der Waals surface area contributed by atoms with Gasteiger partial charge < -0.3 is 4.42 Å². The molecule has 0 unspecified atom stereocenters. The van der Waals surface area contributed by atoms with Crippen LogP contribution < -0.4 is 5.32 Å². The van der Waals surface area contributed by atoms with Gasteiger partial charge in [-0.05, 0) is 44.4 Å². The third-order valence-corrected chi connectivity index (χ3v) is 4.46. The fourth-order valence-corrected chi connectivity index (χ4v) is 2.78. The molecule has 6 heteroatoms. The normalized spacial score (nSPS) is 13.7. The van der Waals surface area contributed by atoms with E-state index >= 15 is 0 Å². The van der Waals surface area contributed by atoms with Crippen molar-refractivity contribution in [2.45, 2.75) is 39.3 Å². The molecule has 25 heavy (non-hydrogen) atoms. The molecule has 1 aliphatic carbocycles. The highest BCUT2D eigenvalue weighted by atomic mass is 19.1. The number of nitriles is 1. The van der Waals surface area contributed by atoms with Gasteiger partial charge in [-0.1, -0.05) is 12.1 Å². The zero-order valence-electron chi connectivity index (χ0n) is 14.3. The number of amides is 1. The van der Waals surface area contributed by atoms with Crippen molar-refractivity contribution >= 4 is 11.8 Å². The Balaban J connectivity index is 1.66. The predicted octanol–water partition coefficient (Wildman–Crippen LogP) is 3.51. The summed E-state index contributed by atoms with van der Waals surface area (Å²) in [4.78, 5) is 14.5. The zero-order valence-corrected chi connectivity index (χ0v) is 14.3. The van der Waals surface area contributed by atoms with Gasteiger partial charge in [0.1, 0.15) is 23.2 Å². The highest BCUT2D eigenvalue weighted by Gasteiger charge is 2.30. The molecule has 1 N–H and O–H groups in total. The Labute approximate surface area is 146 Å². The molecule has 1 aromatic carbocycles. The zero-order chi connectivity index (χ0) is 18.0. The molecule has 0 bridgehead atoms. The van der Waals surface area contributed by atoms with Crippen LogP contribution in [0.5, 0.6) is 0 Å². The van der Waals surface area contributed by atoms with Gasteiger partial charge in [-0.2, -0.15) is 5.26 Å². The fraction of sp³-hybridized carbons (Fsp3) is 0.368. The molecule has 1 aromatic heterocycles. The van der Waals surface area contributed by atoms with Crippen LogP contribution in [-0.4, -0.2) is 23.4 Å². The van der Waals surface area contributed by atoms with Crippen molar-refractivity contribution in [2.75, 3.05) is 11.9 Å². The monoisotopic (exact) mass is 341 g/mol. The Morgan fingerprint density at radius 3 is 2.64 bits per heavy atom. The lowest BCUT2D eigenvalue weighted by molar-refractivity contribution is -0.117. The third kappa shape index (κ3) is 4.06. The van der Waals surface area contributed by atoms with Gasteiger partial charge in [0.05, 0.1) is 6.54 Å². The van der Waals surface area contributed by atoms with E-state index in [4.69, 9.17) is 4.42 Å². The Kier molecular flexibility index (Phi) is 4.86. The molecule has 1 fully saturated rings. The number of halogens is 1. The first kappa shape index (κ1) is 17.2. The molecule has 0 aliphatic heterocycles. The number of anilines is 1. The van der Waals surface area contributed by atoms with Gasteiger partial charge in [0.15, 0.2) is 0 Å². The molecule has 130 valence electrons. The van der Waals surface area contributed by atoms with Gasteiger partial charge in [0, 0.05) is 18.2 Å². The summed E-state index contributed by atoms with van der Waals surface area (Å²) in [5.41, 5.74) is 2.06. The molecule has 1 saturated carbocycles. The van der Waals surface area contributed by atoms with Crippen molar-refractivity contribution < 1.29 is 13.6 Å². The van der Waals surface area contributed by atoms with E-state index in [1.807, 2.05) is 0 Å². The van der Waals surface area contributed by atoms with Crippen molar-refractivity contribution in [1.82, 2.24) is 4.90 Å². The summed E-state index contributed by atoms with van der Waals surface area (Å²) in [5.74, 6) is 0.337. The summed E-state index contributed by atoms with van der Waals surface area (Å²) in [6.07, 6.45) is 2.10. The lowest BCUT2D eigenvalue weighted by Gasteiger charge is -2.21. The largest absolute Gasteiger partial charge is 0.444 e. The van der Waals surface area contributed by atoms with E-state index in [9.17, 15) is 14.4 Å². The standard InChI is InChI=1S/C19H20FN3O2/c1-12-13(2)25-19(17(12)9-21)22-18(24)11-23(16-7-8-16)10-14-3-5-15(20)6-4-14/h3-6,16H,7-8,10-11H2,1-2H3,(H,22,24). The first-order valence-electron chi connectivity index (χ1n) is 8.26. The third-order valence-electron chi connectivity index (χ3n) is 4.46. The molecule has 0 radical (unpaired) electrons. The van der Waals surface area contributed by atoms with Crippen LogP contribution in [0.1, 0.15) is 35.3 Å². The number of aryl methyl sites for hydroxylation is 1. The first-order valence-corrected chi connectivity index (χ1v) is 8.26. The van der Waals surface area contributed by atoms with Crippen LogP contribution in [0.4, 0.5) is 10.3 Å². The number of hydrogen-bond acceptors (Lipinski definition) is 4. The lowest BCUT2D eigenvalue weighted by atomic mass is 10.2. The molecule has 1 aliphatic rings. The van der Waals surface area contributed by atoms with Crippen LogP contribution in [0.25, 0.3) is 0 Å². The minimum Gasteiger partial charge on any atom is -0.444 e. The van der Waals surface area contributed by atoms with Gasteiger partial charge in [-0.15, -0.1) is 0 Å². The number of nitrogens with zero attached hydrogens (tertiary/aromatic N) is 2. The van der Waals surface area contributed by atoms with E-state index in [2.05, 4.69) is 16.3 Å². The van der Waals surface area contributed by atoms with E-state index < -0.39 is 0 Å². The maximum absolute atomic E-state index is 13.0. The van der Waals surface area contributed by atoms with Crippen LogP contribution in [0.2, 0.25) is 0 Å². The number of nitrogens with one attached hydrogen (secondary N) is 1. The summed E-state index contributed by atoms with van der Waals surface area (Å²) in [5, 5.41) is 11.9. The molecule has 2 aromatic rings. The SMILES string of the molecule is Cc1oc(NC(=O)CN(Cc2ccc(F)cc2)C2CC2)c(C#N)c1C. The minimum absolute atomic E-state index is 0.200. The highest BCUT2D eigenvalue weighted by Crippen LogP contribution is 2.29. The van der Waals surface area contributed by atoms with Gasteiger partial charge in [-0.3, -0.25) is 15.0 Å². The molecular formula is C19H20FN3O2. The molecule has 0 atom stereocenters. The molecule has 1 amide bonds. The number of furan rings is 1. The Bertz CT molecular complexity index is 816. The van der Waals surface area contributed by atoms with Crippen LogP contribution in [0.15, 0.2) is 28.7 Å². The van der Waals surface area contributed by atoms with E-state index in [0.29, 0.717) is 23.9 Å². The summed E-state index contributed by atoms with van der Waals surface area (Å²) < 4.78 is 18.5. The van der Waals surface area contributed by atoms with Crippen molar-refractivity contribution in [3.8, 4) is 6.07 Å². The van der Waals surface area contributed by atoms with Gasteiger partial charge in [-0.25, -0.2) is 4.39 Å². The molecular weight excluding hydrogens is 321 g/mol. The average molecular weight is 341 g/mol. The summed E-state index contributed by atoms with van der Waals surface area (Å²) in [7, 11) is 0. The number of carbonyl (C=O) groups is 1. The topological polar surface area (TPSA) is 69.3 Å². The molecule has 3 rings (SSSR count). The minimum atomic E-state index is -0.271. The quantitative estimate of drug-likeness (QED) is 0.873. The lowest BCUT2D eigenvalue weighted by Crippen LogP contribution is -2.34. The van der Waals surface area contributed by atoms with Crippen LogP contribution in [0, 0.1) is 31.0 Å². The second-order valence-corrected chi connectivity index (χ2v) is 6.41. The summed E-state index contributed by atoms with van der Waals surface area (Å²) in [6, 6.07) is 8.75. The molecule has 0 spiro atoms. The van der Waals surface area contributed by atoms with E-state index in [-0.39, 0.29) is 24.2 Å². The van der Waals surface area contributed by atoms with Crippen molar-refractivity contribution in [2.24, 2.45) is 0 Å². The fourth-order valence-electron chi connectivity index (χ4n) is 2.78. The molecule has 0 saturated heterocycles. The Hall–Kier alpha value is -2.65. The van der Waals surface area contributed by atoms with Crippen molar-refractivity contribution in [3.63, 3.8) is 0 Å². The van der Waals surface area contributed by atoms with Gasteiger partial charge in [0.2, 0.25) is 11.8 Å². The van der Waals surface area contributed by atoms with Crippen molar-refractivity contribution in [3.05, 3.63) is 52.5 Å². The van der Waals surface area contributed by atoms with Crippen molar-refractivity contribution in [1.29, 1.82) is 5.26 Å². The van der Waals surface area contributed by atoms with E-state index in [1.54, 1.807) is 26.0 Å². The number of carbonyl (C=O) groups excluding carboxylic acids is 1. The van der Waals surface area contributed by atoms with Crippen LogP contribution in [0.3, 0.4) is 0 Å². The number of benzene rings is 1. The van der Waals surface area contributed by atoms with E-state index in [1.165, 1.54) is 12.1 Å². The number of hydrogen-bond donors (Lipinski definition) is 1. The number of rotatable bonds is 6. The van der Waals surface area contributed by atoms with Gasteiger partial charge >= 0.3 is 0 Å². The smallest absolute Gasteiger partial charge is 0.240 e. The van der Waals surface area contributed by atoms with Crippen LogP contribution in [-0.2, 0) is 11.3 Å². The molecule has 1 heterocycles. The van der Waals surface area contributed by atoms with E-state index in [0.717, 1.165) is 24.0 Å². The predicted molar refractivity (Wildman–Crippen MR) is 91.4 cm³/mol. The first-order chi connectivity index (χ1) is 12.0. The summed E-state index contributed by atoms with van der Waals surface area (Å²) >= 11 is 0.